The molecule has 0 saturated carbocycles. The Balaban J connectivity index is 2.22. The lowest BCUT2D eigenvalue weighted by Crippen LogP contribution is -1.96. The van der Waals surface area contributed by atoms with Crippen LogP contribution in [-0.2, 0) is 7.05 Å². The third kappa shape index (κ3) is 1.69. The zero-order chi connectivity index (χ0) is 12.7. The van der Waals surface area contributed by atoms with Crippen molar-refractivity contribution in [1.82, 2.24) is 19.5 Å². The third-order valence-electron chi connectivity index (χ3n) is 2.79. The van der Waals surface area contributed by atoms with Crippen molar-refractivity contribution < 1.29 is 0 Å². The maximum atomic E-state index is 5.86. The molecule has 1 aromatic carbocycles. The molecule has 5 nitrogen and oxygen atoms in total. The Kier molecular flexibility index (Phi) is 2.41. The third-order valence-corrected chi connectivity index (χ3v) is 2.97. The number of aromatic nitrogens is 4. The van der Waals surface area contributed by atoms with Gasteiger partial charge in [-0.15, -0.1) is 0 Å². The molecule has 0 aliphatic carbocycles. The number of rotatable bonds is 1. The Morgan fingerprint density at radius 2 is 2.11 bits per heavy atom. The number of fused-ring (bicyclic) bond motifs is 1. The molecule has 0 radical (unpaired) electrons. The molecule has 0 unspecified atom stereocenters. The maximum absolute atomic E-state index is 5.86. The van der Waals surface area contributed by atoms with Gasteiger partial charge in [-0.3, -0.25) is 0 Å². The molecule has 3 aromatic rings. The van der Waals surface area contributed by atoms with Crippen molar-refractivity contribution in [2.75, 3.05) is 5.73 Å². The normalized spacial score (nSPS) is 11.0. The number of hydrogen-bond acceptors (Lipinski definition) is 4. The number of nitrogen functional groups attached to an aromatic ring is 1. The summed E-state index contributed by atoms with van der Waals surface area (Å²) in [7, 11) is 1.95. The predicted molar refractivity (Wildman–Crippen MR) is 71.2 cm³/mol. The second kappa shape index (κ2) is 3.96. The summed E-state index contributed by atoms with van der Waals surface area (Å²) < 4.78 is 1.95. The zero-order valence-corrected chi connectivity index (χ0v) is 10.4. The summed E-state index contributed by atoms with van der Waals surface area (Å²) in [6.07, 6.45) is 3.28. The summed E-state index contributed by atoms with van der Waals surface area (Å²) in [5, 5.41) is 0.181. The summed E-state index contributed by atoms with van der Waals surface area (Å²) in [5.41, 5.74) is 9.81. The summed E-state index contributed by atoms with van der Waals surface area (Å²) in [6, 6.07) is 5.86. The van der Waals surface area contributed by atoms with E-state index in [2.05, 4.69) is 15.0 Å². The molecule has 2 N–H and O–H groups in total. The summed E-state index contributed by atoms with van der Waals surface area (Å²) >= 11 is 5.79. The van der Waals surface area contributed by atoms with Gasteiger partial charge in [0, 0.05) is 12.6 Å². The Morgan fingerprint density at radius 1 is 1.28 bits per heavy atom. The first-order chi connectivity index (χ1) is 8.65. The van der Waals surface area contributed by atoms with E-state index < -0.39 is 0 Å². The Bertz CT molecular complexity index is 734. The van der Waals surface area contributed by atoms with Gasteiger partial charge in [0.15, 0.2) is 0 Å². The number of aryl methyl sites for hydroxylation is 1. The minimum atomic E-state index is 0.181. The van der Waals surface area contributed by atoms with E-state index in [4.69, 9.17) is 17.3 Å². The SMILES string of the molecule is Cn1cnc2cc(-c3nc(Cl)ncc3N)ccc21. The van der Waals surface area contributed by atoms with Gasteiger partial charge in [-0.1, -0.05) is 6.07 Å². The Morgan fingerprint density at radius 3 is 2.94 bits per heavy atom. The molecule has 2 heterocycles. The molecule has 0 spiro atoms. The largest absolute Gasteiger partial charge is 0.396 e. The van der Waals surface area contributed by atoms with E-state index in [9.17, 15) is 0 Å². The first kappa shape index (κ1) is 11.0. The summed E-state index contributed by atoms with van der Waals surface area (Å²) in [6.45, 7) is 0. The summed E-state index contributed by atoms with van der Waals surface area (Å²) in [5.74, 6) is 0. The van der Waals surface area contributed by atoms with Crippen LogP contribution in [-0.4, -0.2) is 19.5 Å². The number of nitrogens with zero attached hydrogens (tertiary/aromatic N) is 4. The van der Waals surface area contributed by atoms with Gasteiger partial charge in [0.05, 0.1) is 34.9 Å². The van der Waals surface area contributed by atoms with E-state index >= 15 is 0 Å². The van der Waals surface area contributed by atoms with Gasteiger partial charge < -0.3 is 10.3 Å². The van der Waals surface area contributed by atoms with Crippen LogP contribution in [0, 0.1) is 0 Å². The highest BCUT2D eigenvalue weighted by Gasteiger charge is 2.08. The van der Waals surface area contributed by atoms with Gasteiger partial charge in [0.1, 0.15) is 0 Å². The standard InChI is InChI=1S/C12H10ClN5/c1-18-6-16-9-4-7(2-3-10(9)18)11-8(14)5-15-12(13)17-11/h2-6H,14H2,1H3. The highest BCUT2D eigenvalue weighted by atomic mass is 35.5. The molecule has 0 fully saturated rings. The average molecular weight is 260 g/mol. The first-order valence-electron chi connectivity index (χ1n) is 5.34. The lowest BCUT2D eigenvalue weighted by molar-refractivity contribution is 0.948. The van der Waals surface area contributed by atoms with E-state index in [-0.39, 0.29) is 5.28 Å². The highest BCUT2D eigenvalue weighted by molar-refractivity contribution is 6.28. The molecule has 90 valence electrons. The van der Waals surface area contributed by atoms with Crippen LogP contribution in [0.2, 0.25) is 5.28 Å². The van der Waals surface area contributed by atoms with Gasteiger partial charge in [0.2, 0.25) is 5.28 Å². The van der Waals surface area contributed by atoms with Crippen molar-refractivity contribution in [3.8, 4) is 11.3 Å². The lowest BCUT2D eigenvalue weighted by atomic mass is 10.1. The minimum Gasteiger partial charge on any atom is -0.396 e. The number of benzene rings is 1. The number of halogens is 1. The lowest BCUT2D eigenvalue weighted by Gasteiger charge is -2.05. The fraction of sp³-hybridized carbons (Fsp3) is 0.0833. The van der Waals surface area contributed by atoms with E-state index in [1.165, 1.54) is 6.20 Å². The molecule has 0 bridgehead atoms. The monoisotopic (exact) mass is 259 g/mol. The van der Waals surface area contributed by atoms with E-state index in [1.54, 1.807) is 6.33 Å². The van der Waals surface area contributed by atoms with Crippen LogP contribution in [0.1, 0.15) is 0 Å². The fourth-order valence-electron chi connectivity index (χ4n) is 1.88. The van der Waals surface area contributed by atoms with Crippen molar-refractivity contribution in [2.45, 2.75) is 0 Å². The number of nitrogens with two attached hydrogens (primary N) is 1. The zero-order valence-electron chi connectivity index (χ0n) is 9.63. The predicted octanol–water partition coefficient (Wildman–Crippen LogP) is 2.27. The molecule has 0 aliphatic heterocycles. The van der Waals surface area contributed by atoms with Crippen LogP contribution < -0.4 is 5.73 Å². The van der Waals surface area contributed by atoms with Crippen LogP contribution in [0.4, 0.5) is 5.69 Å². The van der Waals surface area contributed by atoms with Crippen LogP contribution in [0.15, 0.2) is 30.7 Å². The van der Waals surface area contributed by atoms with Crippen molar-refractivity contribution >= 4 is 28.3 Å². The van der Waals surface area contributed by atoms with Gasteiger partial charge in [-0.25, -0.2) is 15.0 Å². The molecule has 0 aliphatic rings. The van der Waals surface area contributed by atoms with E-state index in [0.29, 0.717) is 11.4 Å². The van der Waals surface area contributed by atoms with Gasteiger partial charge in [-0.05, 0) is 23.7 Å². The molecule has 18 heavy (non-hydrogen) atoms. The first-order valence-corrected chi connectivity index (χ1v) is 5.72. The molecule has 3 rings (SSSR count). The van der Waals surface area contributed by atoms with Crippen LogP contribution in [0.25, 0.3) is 22.3 Å². The Hall–Kier alpha value is -2.14. The quantitative estimate of drug-likeness (QED) is 0.681. The van der Waals surface area contributed by atoms with E-state index in [1.807, 2.05) is 29.8 Å². The average Bonchev–Trinajstić information content (AvgIpc) is 2.74. The van der Waals surface area contributed by atoms with Gasteiger partial charge in [-0.2, -0.15) is 0 Å². The van der Waals surface area contributed by atoms with Gasteiger partial charge >= 0.3 is 0 Å². The van der Waals surface area contributed by atoms with Crippen molar-refractivity contribution in [3.05, 3.63) is 36.0 Å². The number of imidazole rings is 1. The second-order valence-electron chi connectivity index (χ2n) is 4.00. The molecule has 0 saturated heterocycles. The van der Waals surface area contributed by atoms with Crippen LogP contribution in [0.3, 0.4) is 0 Å². The molecular weight excluding hydrogens is 250 g/mol. The fourth-order valence-corrected chi connectivity index (χ4v) is 2.02. The molecule has 0 amide bonds. The van der Waals surface area contributed by atoms with E-state index in [0.717, 1.165) is 16.6 Å². The molecule has 6 heteroatoms. The van der Waals surface area contributed by atoms with Crippen molar-refractivity contribution in [2.24, 2.45) is 7.05 Å². The van der Waals surface area contributed by atoms with Crippen molar-refractivity contribution in [3.63, 3.8) is 0 Å². The minimum absolute atomic E-state index is 0.181. The second-order valence-corrected chi connectivity index (χ2v) is 4.34. The molecule has 0 atom stereocenters. The van der Waals surface area contributed by atoms with Crippen LogP contribution in [0.5, 0.6) is 0 Å². The topological polar surface area (TPSA) is 69.6 Å². The maximum Gasteiger partial charge on any atom is 0.223 e. The smallest absolute Gasteiger partial charge is 0.223 e. The summed E-state index contributed by atoms with van der Waals surface area (Å²) in [4.78, 5) is 12.3. The van der Waals surface area contributed by atoms with Crippen molar-refractivity contribution in [1.29, 1.82) is 0 Å². The number of hydrogen-bond donors (Lipinski definition) is 1. The highest BCUT2D eigenvalue weighted by Crippen LogP contribution is 2.26. The number of anilines is 1. The van der Waals surface area contributed by atoms with Gasteiger partial charge in [0.25, 0.3) is 0 Å². The molecule has 2 aromatic heterocycles. The Labute approximate surface area is 108 Å². The molecular formula is C12H10ClN5. The van der Waals surface area contributed by atoms with Crippen LogP contribution >= 0.6 is 11.6 Å².